The zero-order valence-corrected chi connectivity index (χ0v) is 12.7. The number of hydrogen-bond acceptors (Lipinski definition) is 5. The summed E-state index contributed by atoms with van der Waals surface area (Å²) in [6.45, 7) is 0.711. The average Bonchev–Trinajstić information content (AvgIpc) is 2.58. The number of nitrogens with zero attached hydrogens (tertiary/aromatic N) is 4. The fourth-order valence-corrected chi connectivity index (χ4v) is 3.48. The van der Waals surface area contributed by atoms with E-state index < -0.39 is 0 Å². The number of anilines is 1. The van der Waals surface area contributed by atoms with E-state index in [4.69, 9.17) is 5.26 Å². The number of carbonyl (C=O) groups excluding carboxylic acids is 1. The van der Waals surface area contributed by atoms with Gasteiger partial charge < -0.3 is 4.90 Å². The molecule has 1 amide bonds. The Morgan fingerprint density at radius 1 is 1.27 bits per heavy atom. The number of amides is 1. The molecule has 0 aliphatic carbocycles. The molecule has 1 saturated heterocycles. The van der Waals surface area contributed by atoms with Crippen molar-refractivity contribution in [3.63, 3.8) is 0 Å². The highest BCUT2D eigenvalue weighted by Crippen LogP contribution is 2.31. The van der Waals surface area contributed by atoms with Crippen LogP contribution >= 0.6 is 11.8 Å². The lowest BCUT2D eigenvalue weighted by Gasteiger charge is -2.31. The Bertz CT molecular complexity index is 696. The third kappa shape index (κ3) is 3.10. The van der Waals surface area contributed by atoms with E-state index in [9.17, 15) is 4.79 Å². The number of aromatic nitrogens is 2. The molecule has 0 spiro atoms. The van der Waals surface area contributed by atoms with Crippen molar-refractivity contribution >= 4 is 23.4 Å². The fourth-order valence-electron chi connectivity index (χ4n) is 2.42. The molecule has 6 heteroatoms. The van der Waals surface area contributed by atoms with Gasteiger partial charge in [-0.3, -0.25) is 4.79 Å². The maximum Gasteiger partial charge on any atom is 0.240 e. The standard InChI is InChI=1S/C16H14N4OS/c17-11-12-5-7-13(8-6-12)20-10-2-3-14(16(20)21)22-15-4-1-9-18-19-15/h1,4-9,14H,2-3,10H2. The second-order valence-corrected chi connectivity index (χ2v) is 6.18. The summed E-state index contributed by atoms with van der Waals surface area (Å²) in [5, 5.41) is 17.4. The minimum atomic E-state index is -0.138. The Morgan fingerprint density at radius 2 is 2.09 bits per heavy atom. The summed E-state index contributed by atoms with van der Waals surface area (Å²) in [5.41, 5.74) is 1.44. The Balaban J connectivity index is 1.76. The third-order valence-electron chi connectivity index (χ3n) is 3.51. The minimum absolute atomic E-state index is 0.0895. The number of thioether (sulfide) groups is 1. The van der Waals surface area contributed by atoms with Crippen LogP contribution in [0.5, 0.6) is 0 Å². The molecule has 110 valence electrons. The van der Waals surface area contributed by atoms with Crippen LogP contribution < -0.4 is 4.90 Å². The molecule has 1 fully saturated rings. The Kier molecular flexibility index (Phi) is 4.35. The van der Waals surface area contributed by atoms with Crippen molar-refractivity contribution in [2.24, 2.45) is 0 Å². The van der Waals surface area contributed by atoms with E-state index >= 15 is 0 Å². The van der Waals surface area contributed by atoms with E-state index in [1.807, 2.05) is 24.3 Å². The van der Waals surface area contributed by atoms with Gasteiger partial charge in [-0.1, -0.05) is 11.8 Å². The highest BCUT2D eigenvalue weighted by Gasteiger charge is 2.30. The summed E-state index contributed by atoms with van der Waals surface area (Å²) in [7, 11) is 0. The van der Waals surface area contributed by atoms with Crippen molar-refractivity contribution < 1.29 is 4.79 Å². The summed E-state index contributed by atoms with van der Waals surface area (Å²) >= 11 is 1.46. The highest BCUT2D eigenvalue weighted by molar-refractivity contribution is 8.00. The van der Waals surface area contributed by atoms with Crippen LogP contribution in [0.1, 0.15) is 18.4 Å². The first-order valence-corrected chi connectivity index (χ1v) is 7.92. The summed E-state index contributed by atoms with van der Waals surface area (Å²) in [4.78, 5) is 14.5. The molecule has 1 atom stereocenters. The van der Waals surface area contributed by atoms with Crippen LogP contribution in [0.3, 0.4) is 0 Å². The number of hydrogen-bond donors (Lipinski definition) is 0. The Hall–Kier alpha value is -2.39. The topological polar surface area (TPSA) is 69.9 Å². The van der Waals surface area contributed by atoms with Crippen LogP contribution in [-0.2, 0) is 4.79 Å². The van der Waals surface area contributed by atoms with Gasteiger partial charge in [0, 0.05) is 18.4 Å². The van der Waals surface area contributed by atoms with Crippen molar-refractivity contribution in [2.75, 3.05) is 11.4 Å². The van der Waals surface area contributed by atoms with E-state index in [2.05, 4.69) is 16.3 Å². The maximum atomic E-state index is 12.7. The first kappa shape index (κ1) is 14.5. The summed E-state index contributed by atoms with van der Waals surface area (Å²) < 4.78 is 0. The van der Waals surface area contributed by atoms with Gasteiger partial charge in [-0.05, 0) is 49.2 Å². The molecule has 1 aliphatic rings. The molecule has 0 saturated carbocycles. The molecule has 1 aromatic carbocycles. The monoisotopic (exact) mass is 310 g/mol. The second-order valence-electron chi connectivity index (χ2n) is 4.96. The van der Waals surface area contributed by atoms with Gasteiger partial charge in [-0.25, -0.2) is 0 Å². The summed E-state index contributed by atoms with van der Waals surface area (Å²) in [6.07, 6.45) is 3.41. The van der Waals surface area contributed by atoms with Gasteiger partial charge in [0.05, 0.1) is 16.9 Å². The number of piperidine rings is 1. The molecule has 3 rings (SSSR count). The van der Waals surface area contributed by atoms with E-state index in [0.29, 0.717) is 12.1 Å². The van der Waals surface area contributed by atoms with Crippen LogP contribution in [0.2, 0.25) is 0 Å². The van der Waals surface area contributed by atoms with Crippen molar-refractivity contribution in [3.8, 4) is 6.07 Å². The van der Waals surface area contributed by atoms with E-state index in [1.165, 1.54) is 11.8 Å². The van der Waals surface area contributed by atoms with Crippen molar-refractivity contribution in [3.05, 3.63) is 48.2 Å². The van der Waals surface area contributed by atoms with Gasteiger partial charge in [0.2, 0.25) is 5.91 Å². The largest absolute Gasteiger partial charge is 0.311 e. The van der Waals surface area contributed by atoms with Crippen LogP contribution in [-0.4, -0.2) is 27.9 Å². The highest BCUT2D eigenvalue weighted by atomic mass is 32.2. The van der Waals surface area contributed by atoms with E-state index in [-0.39, 0.29) is 11.2 Å². The fraction of sp³-hybridized carbons (Fsp3) is 0.250. The quantitative estimate of drug-likeness (QED) is 0.871. The molecular formula is C16H14N4OS. The lowest BCUT2D eigenvalue weighted by atomic mass is 10.1. The second kappa shape index (κ2) is 6.58. The number of benzene rings is 1. The maximum absolute atomic E-state index is 12.7. The lowest BCUT2D eigenvalue weighted by molar-refractivity contribution is -0.119. The molecule has 0 bridgehead atoms. The number of rotatable bonds is 3. The predicted molar refractivity (Wildman–Crippen MR) is 84.4 cm³/mol. The molecule has 22 heavy (non-hydrogen) atoms. The van der Waals surface area contributed by atoms with Crippen molar-refractivity contribution in [2.45, 2.75) is 23.1 Å². The first-order chi connectivity index (χ1) is 10.8. The average molecular weight is 310 g/mol. The molecule has 5 nitrogen and oxygen atoms in total. The normalized spacial score (nSPS) is 18.0. The molecule has 1 unspecified atom stereocenters. The van der Waals surface area contributed by atoms with Crippen molar-refractivity contribution in [1.82, 2.24) is 10.2 Å². The summed E-state index contributed by atoms with van der Waals surface area (Å²) in [5.74, 6) is 0.0895. The van der Waals surface area contributed by atoms with Gasteiger partial charge in [0.15, 0.2) is 0 Å². The third-order valence-corrected chi connectivity index (χ3v) is 4.69. The van der Waals surface area contributed by atoms with Crippen LogP contribution in [0.25, 0.3) is 0 Å². The Morgan fingerprint density at radius 3 is 2.77 bits per heavy atom. The molecule has 2 heterocycles. The number of nitriles is 1. The van der Waals surface area contributed by atoms with Crippen molar-refractivity contribution in [1.29, 1.82) is 5.26 Å². The Labute approximate surface area is 133 Å². The molecular weight excluding hydrogens is 296 g/mol. The molecule has 1 aromatic heterocycles. The predicted octanol–water partition coefficient (Wildman–Crippen LogP) is 2.64. The van der Waals surface area contributed by atoms with E-state index in [0.717, 1.165) is 23.6 Å². The van der Waals surface area contributed by atoms with Crippen LogP contribution in [0, 0.1) is 11.3 Å². The van der Waals surface area contributed by atoms with Gasteiger partial charge >= 0.3 is 0 Å². The molecule has 0 N–H and O–H groups in total. The number of carbonyl (C=O) groups is 1. The van der Waals surface area contributed by atoms with Gasteiger partial charge in [0.1, 0.15) is 5.03 Å². The summed E-state index contributed by atoms with van der Waals surface area (Å²) in [6, 6.07) is 12.9. The molecule has 2 aromatic rings. The lowest BCUT2D eigenvalue weighted by Crippen LogP contribution is -2.43. The molecule has 0 radical (unpaired) electrons. The van der Waals surface area contributed by atoms with Gasteiger partial charge in [-0.2, -0.15) is 10.4 Å². The zero-order chi connectivity index (χ0) is 15.4. The smallest absolute Gasteiger partial charge is 0.240 e. The van der Waals surface area contributed by atoms with Crippen LogP contribution in [0.15, 0.2) is 47.6 Å². The first-order valence-electron chi connectivity index (χ1n) is 7.04. The van der Waals surface area contributed by atoms with Crippen LogP contribution in [0.4, 0.5) is 5.69 Å². The zero-order valence-electron chi connectivity index (χ0n) is 11.8. The SMILES string of the molecule is N#Cc1ccc(N2CCCC(Sc3cccnn3)C2=O)cc1. The molecule has 1 aliphatic heterocycles. The van der Waals surface area contributed by atoms with Gasteiger partial charge in [0.25, 0.3) is 0 Å². The van der Waals surface area contributed by atoms with Gasteiger partial charge in [-0.15, -0.1) is 5.10 Å². The minimum Gasteiger partial charge on any atom is -0.311 e. The van der Waals surface area contributed by atoms with E-state index in [1.54, 1.807) is 23.2 Å².